The zero-order valence-electron chi connectivity index (χ0n) is 4.97. The Morgan fingerprint density at radius 2 is 1.43 bits per heavy atom. The summed E-state index contributed by atoms with van der Waals surface area (Å²) < 4.78 is 8.69. The summed E-state index contributed by atoms with van der Waals surface area (Å²) in [5, 5.41) is 0. The molecule has 0 saturated heterocycles. The zero-order valence-corrected chi connectivity index (χ0v) is 7.81. The Labute approximate surface area is 71.1 Å². The van der Waals surface area contributed by atoms with Gasteiger partial charge in [0.25, 0.3) is 0 Å². The van der Waals surface area contributed by atoms with Crippen LogP contribution in [0.5, 0.6) is 0 Å². The summed E-state index contributed by atoms with van der Waals surface area (Å²) in [6.45, 7) is 0. The van der Waals surface area contributed by atoms with Crippen molar-refractivity contribution in [2.75, 3.05) is 14.2 Å². The van der Waals surface area contributed by atoms with Crippen LogP contribution in [-0.2, 0) is 42.0 Å². The van der Waals surface area contributed by atoms with Crippen LogP contribution in [0.3, 0.4) is 0 Å². The summed E-state index contributed by atoms with van der Waals surface area (Å²) in [6.07, 6.45) is 0. The Balaban J connectivity index is -0.0000000800. The van der Waals surface area contributed by atoms with Crippen LogP contribution < -0.4 is 0 Å². The number of hydrogen-bond donors (Lipinski definition) is 0. The molecule has 0 aliphatic heterocycles. The predicted molar refractivity (Wildman–Crippen MR) is 26.2 cm³/mol. The van der Waals surface area contributed by atoms with Crippen LogP contribution in [0.25, 0.3) is 0 Å². The molecule has 0 N–H and O–H groups in total. The molecule has 2 radical (unpaired) electrons. The van der Waals surface area contributed by atoms with E-state index in [2.05, 4.69) is 9.31 Å². The van der Waals surface area contributed by atoms with Gasteiger partial charge in [0.2, 0.25) is 0 Å². The molecule has 0 aromatic heterocycles. The average molecular weight is 177 g/mol. The molecule has 0 fully saturated rings. The van der Waals surface area contributed by atoms with Crippen molar-refractivity contribution in [1.29, 1.82) is 0 Å². The summed E-state index contributed by atoms with van der Waals surface area (Å²) in [6, 6.07) is 0. The van der Waals surface area contributed by atoms with Gasteiger partial charge in [0, 0.05) is 46.9 Å². The van der Waals surface area contributed by atoms with Crippen LogP contribution in [0.2, 0.25) is 0 Å². The van der Waals surface area contributed by atoms with Crippen LogP contribution >= 0.6 is 0 Å². The monoisotopic (exact) mass is 177 g/mol. The smallest absolute Gasteiger partial charge is 0.416 e. The van der Waals surface area contributed by atoms with E-state index in [0.29, 0.717) is 0 Å². The van der Waals surface area contributed by atoms with Crippen LogP contribution in [-0.4, -0.2) is 21.9 Å². The Kier molecular flexibility index (Phi) is 35.2. The third kappa shape index (κ3) is 19.2. The van der Waals surface area contributed by atoms with Crippen LogP contribution in [0.4, 0.5) is 0 Å². The second kappa shape index (κ2) is 15.7. The summed E-state index contributed by atoms with van der Waals surface area (Å²) in [4.78, 5) is 0. The first-order valence-corrected chi connectivity index (χ1v) is 1.29. The minimum atomic E-state index is 0. The maximum absolute atomic E-state index is 4.34. The molecule has 7 heavy (non-hydrogen) atoms. The van der Waals surface area contributed by atoms with Crippen molar-refractivity contribution in [2.24, 2.45) is 0 Å². The van der Waals surface area contributed by atoms with Gasteiger partial charge in [0.15, 0.2) is 0 Å². The first-order valence-electron chi connectivity index (χ1n) is 1.29. The van der Waals surface area contributed by atoms with Gasteiger partial charge in [-0.25, -0.2) is 0 Å². The number of hydrogen-bond acceptors (Lipinski definition) is 2. The first kappa shape index (κ1) is 15.7. The molecule has 0 atom stereocenters. The second-order valence-corrected chi connectivity index (χ2v) is 0.568. The van der Waals surface area contributed by atoms with E-state index in [9.17, 15) is 0 Å². The van der Waals surface area contributed by atoms with E-state index < -0.39 is 0 Å². The minimum Gasteiger partial charge on any atom is -0.416 e. The SMILES string of the molecule is CO[B]OC.[CH3-].[Y]. The Bertz CT molecular complexity index is 20.4. The van der Waals surface area contributed by atoms with Gasteiger partial charge in [-0.2, -0.15) is 0 Å². The van der Waals surface area contributed by atoms with E-state index >= 15 is 0 Å². The molecule has 0 aliphatic carbocycles. The minimum absolute atomic E-state index is 0. The molecule has 0 amide bonds. The fourth-order valence-electron chi connectivity index (χ4n) is 0.0962. The van der Waals surface area contributed by atoms with Crippen molar-refractivity contribution < 1.29 is 42.0 Å². The van der Waals surface area contributed by atoms with Gasteiger partial charge in [-0.3, -0.25) is 0 Å². The molecule has 0 heterocycles. The van der Waals surface area contributed by atoms with Gasteiger partial charge < -0.3 is 16.7 Å². The molecule has 0 unspecified atom stereocenters. The standard InChI is InChI=1S/C2H6BO2.CH3.Y/c1-4-3-5-2;;/h1-2H3;1H3;/q;-1;. The third-order valence-electron chi connectivity index (χ3n) is 0.192. The number of rotatable bonds is 2. The molecular weight excluding hydrogens is 168 g/mol. The molecule has 0 aromatic rings. The van der Waals surface area contributed by atoms with E-state index in [1.807, 2.05) is 0 Å². The molecule has 0 rings (SSSR count). The maximum Gasteiger partial charge on any atom is 0.487 e. The molecule has 4 heteroatoms. The fourth-order valence-corrected chi connectivity index (χ4v) is 0.0962. The normalized spacial score (nSPS) is 5.43. The molecule has 2 nitrogen and oxygen atoms in total. The fraction of sp³-hybridized carbons (Fsp3) is 0.667. The van der Waals surface area contributed by atoms with Gasteiger partial charge in [-0.05, 0) is 0 Å². The van der Waals surface area contributed by atoms with E-state index in [4.69, 9.17) is 0 Å². The van der Waals surface area contributed by atoms with Crippen molar-refractivity contribution in [3.8, 4) is 0 Å². The Morgan fingerprint density at radius 1 is 1.14 bits per heavy atom. The first-order chi connectivity index (χ1) is 2.41. The van der Waals surface area contributed by atoms with E-state index in [-0.39, 0.29) is 40.1 Å². The molecule has 0 spiro atoms. The largest absolute Gasteiger partial charge is 0.487 e. The molecule has 40 valence electrons. The molecular formula is C3H9BO2Y-. The zero-order chi connectivity index (χ0) is 4.12. The van der Waals surface area contributed by atoms with Crippen LogP contribution in [0.1, 0.15) is 0 Å². The van der Waals surface area contributed by atoms with Gasteiger partial charge in [-0.1, -0.05) is 0 Å². The average Bonchev–Trinajstić information content (AvgIpc) is 1.41. The predicted octanol–water partition coefficient (Wildman–Crippen LogP) is 0.261. The van der Waals surface area contributed by atoms with Crippen molar-refractivity contribution in [2.45, 2.75) is 0 Å². The maximum atomic E-state index is 4.34. The molecule has 0 aromatic carbocycles. The van der Waals surface area contributed by atoms with Gasteiger partial charge in [0.05, 0.1) is 0 Å². The summed E-state index contributed by atoms with van der Waals surface area (Å²) in [7, 11) is 4.31. The van der Waals surface area contributed by atoms with Gasteiger partial charge in [0.1, 0.15) is 0 Å². The summed E-state index contributed by atoms with van der Waals surface area (Å²) >= 11 is 0. The van der Waals surface area contributed by atoms with E-state index in [1.54, 1.807) is 0 Å². The van der Waals surface area contributed by atoms with Crippen molar-refractivity contribution in [1.82, 2.24) is 0 Å². The van der Waals surface area contributed by atoms with Crippen LogP contribution in [0.15, 0.2) is 0 Å². The molecule has 0 aliphatic rings. The Hall–Kier alpha value is 1.09. The van der Waals surface area contributed by atoms with E-state index in [1.165, 1.54) is 21.9 Å². The quantitative estimate of drug-likeness (QED) is 0.444. The topological polar surface area (TPSA) is 18.5 Å². The Morgan fingerprint density at radius 3 is 1.43 bits per heavy atom. The van der Waals surface area contributed by atoms with Gasteiger partial charge >= 0.3 is 7.69 Å². The summed E-state index contributed by atoms with van der Waals surface area (Å²) in [5.41, 5.74) is 0. The van der Waals surface area contributed by atoms with Crippen molar-refractivity contribution >= 4 is 7.69 Å². The van der Waals surface area contributed by atoms with Crippen molar-refractivity contribution in [3.63, 3.8) is 0 Å². The second-order valence-electron chi connectivity index (χ2n) is 0.568. The van der Waals surface area contributed by atoms with E-state index in [0.717, 1.165) is 0 Å². The summed E-state index contributed by atoms with van der Waals surface area (Å²) in [5.74, 6) is 0. The molecule has 0 bridgehead atoms. The third-order valence-corrected chi connectivity index (χ3v) is 0.192. The van der Waals surface area contributed by atoms with Gasteiger partial charge in [-0.15, -0.1) is 0 Å². The van der Waals surface area contributed by atoms with Crippen LogP contribution in [0, 0.1) is 7.43 Å². The van der Waals surface area contributed by atoms with Crippen molar-refractivity contribution in [3.05, 3.63) is 7.43 Å². The molecule has 0 saturated carbocycles.